The van der Waals surface area contributed by atoms with Gasteiger partial charge in [-0.15, -0.1) is 0 Å². The second-order valence-electron chi connectivity index (χ2n) is 14.5. The van der Waals surface area contributed by atoms with E-state index < -0.39 is 0 Å². The molecule has 0 radical (unpaired) electrons. The van der Waals surface area contributed by atoms with Crippen LogP contribution in [-0.2, 0) is 0 Å². The Kier molecular flexibility index (Phi) is 6.34. The van der Waals surface area contributed by atoms with Crippen molar-refractivity contribution in [3.63, 3.8) is 0 Å². The van der Waals surface area contributed by atoms with Gasteiger partial charge in [0.05, 0.1) is 27.8 Å². The number of rotatable bonds is 4. The number of hydrogen-bond donors (Lipinski definition) is 0. The second kappa shape index (κ2) is 11.6. The molecule has 0 aliphatic rings. The Morgan fingerprint density at radius 2 is 0.855 bits per heavy atom. The predicted octanol–water partition coefficient (Wildman–Crippen LogP) is 14.3. The molecule has 0 bridgehead atoms. The standard InChI is InChI=1S/C52H32N2O/c1-2-13-35(14-3-1)53-45-21-9-6-17-39(45)41-27-25-33(31-48(41)53)34-26-28-42-40-18-7-10-22-46(40)54(49(42)32-34)47-30-29-37(36-15-4-5-16-38(36)47)43-20-12-24-51-52(43)44-19-8-11-23-50(44)55-51/h1-32H. The van der Waals surface area contributed by atoms with Gasteiger partial charge >= 0.3 is 0 Å². The molecule has 12 rings (SSSR count). The van der Waals surface area contributed by atoms with Crippen LogP contribution in [0.3, 0.4) is 0 Å². The van der Waals surface area contributed by atoms with E-state index in [0.717, 1.165) is 33.3 Å². The van der Waals surface area contributed by atoms with Gasteiger partial charge in [0.1, 0.15) is 11.2 Å². The van der Waals surface area contributed by atoms with Gasteiger partial charge < -0.3 is 13.6 Å². The van der Waals surface area contributed by atoms with E-state index in [0.29, 0.717) is 0 Å². The molecular formula is C52H32N2O. The minimum Gasteiger partial charge on any atom is -0.456 e. The summed E-state index contributed by atoms with van der Waals surface area (Å²) in [6.07, 6.45) is 0. The molecule has 3 heterocycles. The van der Waals surface area contributed by atoms with Crippen molar-refractivity contribution < 1.29 is 4.42 Å². The van der Waals surface area contributed by atoms with Crippen LogP contribution in [0.1, 0.15) is 0 Å². The maximum Gasteiger partial charge on any atom is 0.136 e. The molecule has 12 aromatic rings. The first kappa shape index (κ1) is 30.1. The molecule has 0 saturated heterocycles. The molecule has 9 aromatic carbocycles. The maximum atomic E-state index is 6.32. The van der Waals surface area contributed by atoms with Crippen LogP contribution >= 0.6 is 0 Å². The summed E-state index contributed by atoms with van der Waals surface area (Å²) in [6, 6.07) is 70.3. The van der Waals surface area contributed by atoms with Gasteiger partial charge in [0.2, 0.25) is 0 Å². The van der Waals surface area contributed by atoms with Crippen molar-refractivity contribution in [3.8, 4) is 33.6 Å². The van der Waals surface area contributed by atoms with E-state index in [-0.39, 0.29) is 0 Å². The molecule has 3 aromatic heterocycles. The zero-order valence-electron chi connectivity index (χ0n) is 29.8. The van der Waals surface area contributed by atoms with E-state index >= 15 is 0 Å². The summed E-state index contributed by atoms with van der Waals surface area (Å²) < 4.78 is 11.2. The van der Waals surface area contributed by atoms with Crippen LogP contribution in [-0.4, -0.2) is 9.13 Å². The fraction of sp³-hybridized carbons (Fsp3) is 0. The maximum absolute atomic E-state index is 6.32. The van der Waals surface area contributed by atoms with E-state index in [1.807, 2.05) is 6.07 Å². The van der Waals surface area contributed by atoms with Gasteiger partial charge in [-0.3, -0.25) is 0 Å². The van der Waals surface area contributed by atoms with Crippen LogP contribution in [0, 0.1) is 0 Å². The number of nitrogens with zero attached hydrogens (tertiary/aromatic N) is 2. The van der Waals surface area contributed by atoms with Gasteiger partial charge in [-0.05, 0) is 82.2 Å². The first-order valence-electron chi connectivity index (χ1n) is 18.9. The molecule has 0 aliphatic heterocycles. The predicted molar refractivity (Wildman–Crippen MR) is 231 cm³/mol. The smallest absolute Gasteiger partial charge is 0.136 e. The molecule has 55 heavy (non-hydrogen) atoms. The van der Waals surface area contributed by atoms with Gasteiger partial charge in [0.25, 0.3) is 0 Å². The van der Waals surface area contributed by atoms with Gasteiger partial charge in [-0.2, -0.15) is 0 Å². The summed E-state index contributed by atoms with van der Waals surface area (Å²) in [7, 11) is 0. The molecule has 0 amide bonds. The van der Waals surface area contributed by atoms with Crippen molar-refractivity contribution in [2.24, 2.45) is 0 Å². The van der Waals surface area contributed by atoms with E-state index in [4.69, 9.17) is 4.42 Å². The lowest BCUT2D eigenvalue weighted by Gasteiger charge is -2.16. The molecule has 0 spiro atoms. The molecule has 3 nitrogen and oxygen atoms in total. The Bertz CT molecular complexity index is 3490. The van der Waals surface area contributed by atoms with E-state index in [2.05, 4.69) is 197 Å². The van der Waals surface area contributed by atoms with Crippen LogP contribution in [0.25, 0.3) is 110 Å². The highest BCUT2D eigenvalue weighted by molar-refractivity contribution is 6.17. The average molecular weight is 701 g/mol. The number of hydrogen-bond acceptors (Lipinski definition) is 1. The fourth-order valence-electron chi connectivity index (χ4n) is 9.13. The van der Waals surface area contributed by atoms with Gasteiger partial charge in [-0.1, -0.05) is 140 Å². The monoisotopic (exact) mass is 700 g/mol. The molecular weight excluding hydrogens is 669 g/mol. The highest BCUT2D eigenvalue weighted by Gasteiger charge is 2.20. The Labute approximate surface area is 316 Å². The van der Waals surface area contributed by atoms with Gasteiger partial charge in [-0.25, -0.2) is 0 Å². The van der Waals surface area contributed by atoms with E-state index in [1.165, 1.54) is 76.6 Å². The lowest BCUT2D eigenvalue weighted by atomic mass is 9.94. The first-order valence-corrected chi connectivity index (χ1v) is 18.9. The lowest BCUT2D eigenvalue weighted by Crippen LogP contribution is -1.97. The molecule has 0 aliphatic carbocycles. The zero-order valence-corrected chi connectivity index (χ0v) is 29.8. The summed E-state index contributed by atoms with van der Waals surface area (Å²) in [5, 5.41) is 9.69. The van der Waals surface area contributed by atoms with Crippen molar-refractivity contribution >= 4 is 76.3 Å². The molecule has 3 heteroatoms. The molecule has 0 N–H and O–H groups in total. The minimum atomic E-state index is 0.907. The van der Waals surface area contributed by atoms with Crippen molar-refractivity contribution in [1.29, 1.82) is 0 Å². The Morgan fingerprint density at radius 3 is 1.58 bits per heavy atom. The largest absolute Gasteiger partial charge is 0.456 e. The van der Waals surface area contributed by atoms with Crippen LogP contribution in [0.15, 0.2) is 199 Å². The second-order valence-corrected chi connectivity index (χ2v) is 14.5. The summed E-state index contributed by atoms with van der Waals surface area (Å²) in [6.45, 7) is 0. The molecule has 0 fully saturated rings. The van der Waals surface area contributed by atoms with Crippen molar-refractivity contribution in [3.05, 3.63) is 194 Å². The third kappa shape index (κ3) is 4.38. The summed E-state index contributed by atoms with van der Waals surface area (Å²) >= 11 is 0. The van der Waals surface area contributed by atoms with Crippen molar-refractivity contribution in [2.45, 2.75) is 0 Å². The number of benzene rings is 9. The SMILES string of the molecule is c1ccc(-n2c3ccccc3c3ccc(-c4ccc5c6ccccc6n(-c6ccc(-c7cccc8oc9ccccc9c78)c7ccccc67)c5c4)cc32)cc1. The molecule has 0 atom stereocenters. The molecule has 256 valence electrons. The van der Waals surface area contributed by atoms with Crippen LogP contribution in [0.2, 0.25) is 0 Å². The quantitative estimate of drug-likeness (QED) is 0.179. The van der Waals surface area contributed by atoms with Crippen LogP contribution in [0.4, 0.5) is 0 Å². The highest BCUT2D eigenvalue weighted by atomic mass is 16.3. The summed E-state index contributed by atoms with van der Waals surface area (Å²) in [5.74, 6) is 0. The first-order chi connectivity index (χ1) is 27.3. The molecule has 0 saturated carbocycles. The number of para-hydroxylation sites is 4. The van der Waals surface area contributed by atoms with Crippen LogP contribution in [0.5, 0.6) is 0 Å². The average Bonchev–Trinajstić information content (AvgIpc) is 3.91. The number of furan rings is 1. The van der Waals surface area contributed by atoms with Gasteiger partial charge in [0.15, 0.2) is 0 Å². The fourth-order valence-corrected chi connectivity index (χ4v) is 9.13. The van der Waals surface area contributed by atoms with E-state index in [1.54, 1.807) is 0 Å². The lowest BCUT2D eigenvalue weighted by molar-refractivity contribution is 0.669. The molecule has 0 unspecified atom stereocenters. The zero-order chi connectivity index (χ0) is 36.0. The third-order valence-corrected chi connectivity index (χ3v) is 11.5. The summed E-state index contributed by atoms with van der Waals surface area (Å²) in [4.78, 5) is 0. The highest BCUT2D eigenvalue weighted by Crippen LogP contribution is 2.43. The normalized spacial score (nSPS) is 12.0. The van der Waals surface area contributed by atoms with Crippen LogP contribution < -0.4 is 0 Å². The van der Waals surface area contributed by atoms with Crippen molar-refractivity contribution in [2.75, 3.05) is 0 Å². The Morgan fingerprint density at radius 1 is 0.309 bits per heavy atom. The van der Waals surface area contributed by atoms with Crippen molar-refractivity contribution in [1.82, 2.24) is 9.13 Å². The number of aromatic nitrogens is 2. The third-order valence-electron chi connectivity index (χ3n) is 11.5. The Hall–Kier alpha value is -7.36. The number of fused-ring (bicyclic) bond motifs is 10. The summed E-state index contributed by atoms with van der Waals surface area (Å²) in [5.41, 5.74) is 13.7. The Balaban J connectivity index is 1.09. The van der Waals surface area contributed by atoms with Gasteiger partial charge in [0, 0.05) is 43.4 Å². The minimum absolute atomic E-state index is 0.907. The topological polar surface area (TPSA) is 23.0 Å². The van der Waals surface area contributed by atoms with E-state index in [9.17, 15) is 0 Å².